The van der Waals surface area contributed by atoms with E-state index < -0.39 is 23.5 Å². The first-order valence-electron chi connectivity index (χ1n) is 12.2. The molecule has 0 saturated carbocycles. The number of morpholine rings is 1. The number of phenolic OH excluding ortho intramolecular Hbond substituents is 1. The van der Waals surface area contributed by atoms with Crippen molar-refractivity contribution in [2.24, 2.45) is 0 Å². The lowest BCUT2D eigenvalue weighted by molar-refractivity contribution is -0.140. The highest BCUT2D eigenvalue weighted by Crippen LogP contribution is 2.43. The number of aromatic hydroxyl groups is 1. The van der Waals surface area contributed by atoms with Crippen molar-refractivity contribution < 1.29 is 34.0 Å². The molecule has 0 aliphatic carbocycles. The highest BCUT2D eigenvalue weighted by Gasteiger charge is 2.46. The van der Waals surface area contributed by atoms with Gasteiger partial charge in [-0.2, -0.15) is 0 Å². The predicted molar refractivity (Wildman–Crippen MR) is 141 cm³/mol. The van der Waals surface area contributed by atoms with Gasteiger partial charge in [0.25, 0.3) is 11.7 Å². The Kier molecular flexibility index (Phi) is 8.73. The van der Waals surface area contributed by atoms with E-state index in [0.717, 1.165) is 19.6 Å². The second kappa shape index (κ2) is 12.0. The fourth-order valence-corrected chi connectivity index (χ4v) is 5.08. The van der Waals surface area contributed by atoms with Gasteiger partial charge in [-0.15, -0.1) is 0 Å². The first-order chi connectivity index (χ1) is 17.8. The molecule has 4 rings (SSSR count). The van der Waals surface area contributed by atoms with Crippen LogP contribution in [0.2, 0.25) is 0 Å². The van der Waals surface area contributed by atoms with E-state index in [1.165, 1.54) is 24.1 Å². The first-order valence-corrected chi connectivity index (χ1v) is 13.0. The summed E-state index contributed by atoms with van der Waals surface area (Å²) in [5.41, 5.74) is 0.557. The van der Waals surface area contributed by atoms with Crippen LogP contribution in [0.3, 0.4) is 0 Å². The summed E-state index contributed by atoms with van der Waals surface area (Å²) < 4.78 is 17.1. The number of phenols is 1. The minimum atomic E-state index is -0.868. The number of rotatable bonds is 9. The normalized spacial score (nSPS) is 19.9. The van der Waals surface area contributed by atoms with E-state index in [2.05, 4.69) is 20.8 Å². The van der Waals surface area contributed by atoms with Crippen LogP contribution < -0.4 is 9.47 Å². The third-order valence-electron chi connectivity index (χ3n) is 6.53. The first kappa shape index (κ1) is 27.0. The predicted octanol–water partition coefficient (Wildman–Crippen LogP) is 3.71. The monoisotopic (exact) mass is 574 g/mol. The number of carbonyl (C=O) groups excluding carboxylic acids is 2. The Hall–Kier alpha value is -3.08. The molecule has 37 heavy (non-hydrogen) atoms. The minimum absolute atomic E-state index is 0.0589. The van der Waals surface area contributed by atoms with Crippen molar-refractivity contribution in [1.29, 1.82) is 0 Å². The van der Waals surface area contributed by atoms with Gasteiger partial charge in [0.05, 0.1) is 44.1 Å². The summed E-state index contributed by atoms with van der Waals surface area (Å²) in [6, 6.07) is 8.86. The molecule has 2 aromatic carbocycles. The van der Waals surface area contributed by atoms with Crippen molar-refractivity contribution in [3.8, 4) is 17.2 Å². The van der Waals surface area contributed by atoms with E-state index in [1.54, 1.807) is 24.3 Å². The van der Waals surface area contributed by atoms with Gasteiger partial charge in [-0.05, 0) is 49.2 Å². The third kappa shape index (κ3) is 5.76. The lowest BCUT2D eigenvalue weighted by Crippen LogP contribution is -2.39. The molecule has 10 heteroatoms. The maximum absolute atomic E-state index is 13.3. The van der Waals surface area contributed by atoms with E-state index in [9.17, 15) is 19.8 Å². The molecule has 2 aromatic rings. The van der Waals surface area contributed by atoms with Gasteiger partial charge in [0.1, 0.15) is 11.5 Å². The van der Waals surface area contributed by atoms with Crippen molar-refractivity contribution in [2.45, 2.75) is 19.4 Å². The van der Waals surface area contributed by atoms with E-state index >= 15 is 0 Å². The molecule has 0 bridgehead atoms. The van der Waals surface area contributed by atoms with Crippen LogP contribution in [0.25, 0.3) is 5.76 Å². The van der Waals surface area contributed by atoms with Gasteiger partial charge < -0.3 is 29.3 Å². The second-order valence-electron chi connectivity index (χ2n) is 8.80. The molecule has 0 aromatic heterocycles. The van der Waals surface area contributed by atoms with Crippen molar-refractivity contribution >= 4 is 33.4 Å². The second-order valence-corrected chi connectivity index (χ2v) is 9.72. The Morgan fingerprint density at radius 2 is 1.86 bits per heavy atom. The summed E-state index contributed by atoms with van der Waals surface area (Å²) >= 11 is 3.33. The maximum atomic E-state index is 13.3. The Morgan fingerprint density at radius 1 is 1.11 bits per heavy atom. The van der Waals surface area contributed by atoms with Gasteiger partial charge in [0, 0.05) is 30.7 Å². The third-order valence-corrected chi connectivity index (χ3v) is 7.03. The van der Waals surface area contributed by atoms with Crippen LogP contribution in [-0.2, 0) is 14.3 Å². The minimum Gasteiger partial charge on any atom is -0.507 e. The van der Waals surface area contributed by atoms with E-state index in [1.807, 2.05) is 6.92 Å². The van der Waals surface area contributed by atoms with Crippen molar-refractivity contribution in [2.75, 3.05) is 53.1 Å². The van der Waals surface area contributed by atoms with Gasteiger partial charge in [0.2, 0.25) is 0 Å². The number of carbonyl (C=O) groups is 2. The number of halogens is 1. The van der Waals surface area contributed by atoms with Gasteiger partial charge >= 0.3 is 0 Å². The fraction of sp³-hybridized carbons (Fsp3) is 0.407. The summed E-state index contributed by atoms with van der Waals surface area (Å²) in [5, 5.41) is 21.7. The summed E-state index contributed by atoms with van der Waals surface area (Å²) in [7, 11) is 1.51. The van der Waals surface area contributed by atoms with Crippen LogP contribution in [0.4, 0.5) is 0 Å². The zero-order valence-corrected chi connectivity index (χ0v) is 22.5. The van der Waals surface area contributed by atoms with Crippen LogP contribution >= 0.6 is 15.9 Å². The highest BCUT2D eigenvalue weighted by molar-refractivity contribution is 9.10. The summed E-state index contributed by atoms with van der Waals surface area (Å²) in [6.07, 6.45) is 0.639. The molecule has 2 fully saturated rings. The number of aliphatic hydroxyl groups excluding tert-OH is 1. The van der Waals surface area contributed by atoms with E-state index in [-0.39, 0.29) is 16.9 Å². The smallest absolute Gasteiger partial charge is 0.295 e. The number of amides is 1. The Balaban J connectivity index is 1.75. The lowest BCUT2D eigenvalue weighted by atomic mass is 9.94. The Bertz CT molecular complexity index is 1190. The van der Waals surface area contributed by atoms with Gasteiger partial charge in [0.15, 0.2) is 11.5 Å². The van der Waals surface area contributed by atoms with Crippen molar-refractivity contribution in [3.05, 3.63) is 57.6 Å². The number of ether oxygens (including phenoxy) is 3. The molecule has 2 N–H and O–H groups in total. The highest BCUT2D eigenvalue weighted by atomic mass is 79.9. The van der Waals surface area contributed by atoms with Gasteiger partial charge in [-0.3, -0.25) is 14.5 Å². The Labute approximate surface area is 224 Å². The summed E-state index contributed by atoms with van der Waals surface area (Å²) in [6.45, 7) is 6.35. The number of benzene rings is 2. The Morgan fingerprint density at radius 3 is 2.57 bits per heavy atom. The molecule has 0 radical (unpaired) electrons. The van der Waals surface area contributed by atoms with Crippen LogP contribution in [0.15, 0.2) is 46.4 Å². The number of hydrogen-bond donors (Lipinski definition) is 2. The molecule has 198 valence electrons. The number of ketones is 1. The molecule has 1 atom stereocenters. The number of likely N-dealkylation sites (tertiary alicyclic amines) is 1. The average molecular weight is 575 g/mol. The molecule has 2 aliphatic heterocycles. The topological polar surface area (TPSA) is 109 Å². The number of aliphatic hydroxyl groups is 1. The van der Waals surface area contributed by atoms with E-state index in [4.69, 9.17) is 14.2 Å². The average Bonchev–Trinajstić information content (AvgIpc) is 3.15. The van der Waals surface area contributed by atoms with Crippen LogP contribution in [0.1, 0.15) is 30.5 Å². The molecule has 9 nitrogen and oxygen atoms in total. The van der Waals surface area contributed by atoms with Crippen molar-refractivity contribution in [3.63, 3.8) is 0 Å². The number of hydrogen-bond acceptors (Lipinski definition) is 8. The molecular formula is C27H31BrN2O7. The van der Waals surface area contributed by atoms with Crippen molar-refractivity contribution in [1.82, 2.24) is 9.80 Å². The quantitative estimate of drug-likeness (QED) is 0.265. The molecule has 1 unspecified atom stereocenters. The number of Topliss-reactive ketones (excluding diaryl/α,β-unsaturated/α-hetero) is 1. The SMILES string of the molecule is CCOc1ccc(C2/C(=C(\O)c3cc(Br)ccc3O)C(=O)C(=O)N2CCCN2CCOCC2)cc1OC. The zero-order valence-electron chi connectivity index (χ0n) is 20.9. The molecule has 1 amide bonds. The van der Waals surface area contributed by atoms with Crippen LogP contribution in [-0.4, -0.2) is 84.8 Å². The maximum Gasteiger partial charge on any atom is 0.295 e. The zero-order chi connectivity index (χ0) is 26.5. The molecular weight excluding hydrogens is 544 g/mol. The fourth-order valence-electron chi connectivity index (χ4n) is 4.72. The molecule has 2 aliphatic rings. The molecule has 2 heterocycles. The number of nitrogens with zero attached hydrogens (tertiary/aromatic N) is 2. The van der Waals surface area contributed by atoms with Gasteiger partial charge in [-0.25, -0.2) is 0 Å². The number of methoxy groups -OCH3 is 1. The summed E-state index contributed by atoms with van der Waals surface area (Å²) in [5.74, 6) is -1.17. The molecule has 2 saturated heterocycles. The largest absolute Gasteiger partial charge is 0.507 e. The standard InChI is InChI=1S/C27H31BrN2O7/c1-3-37-21-8-5-17(15-22(21)35-2)24-23(25(32)19-16-18(28)6-7-20(19)31)26(33)27(34)30(24)10-4-9-29-11-13-36-14-12-29/h5-8,15-16,24,31-32H,3-4,9-14H2,1-2H3/b25-23+. The van der Waals surface area contributed by atoms with Crippen LogP contribution in [0.5, 0.6) is 17.2 Å². The molecule has 0 spiro atoms. The summed E-state index contributed by atoms with van der Waals surface area (Å²) in [4.78, 5) is 30.3. The van der Waals surface area contributed by atoms with E-state index in [0.29, 0.717) is 54.3 Å². The van der Waals surface area contributed by atoms with Crippen LogP contribution in [0, 0.1) is 0 Å². The van der Waals surface area contributed by atoms with Gasteiger partial charge in [-0.1, -0.05) is 22.0 Å². The lowest BCUT2D eigenvalue weighted by Gasteiger charge is -2.29.